The van der Waals surface area contributed by atoms with Gasteiger partial charge in [0.25, 0.3) is 0 Å². The number of aliphatic imine (C=N–C) groups is 1. The van der Waals surface area contributed by atoms with E-state index in [-0.39, 0.29) is 0 Å². The summed E-state index contributed by atoms with van der Waals surface area (Å²) in [6.45, 7) is 6.61. The van der Waals surface area contributed by atoms with Crippen LogP contribution in [0.2, 0.25) is 0 Å². The Morgan fingerprint density at radius 2 is 1.83 bits per heavy atom. The first-order valence-electron chi connectivity index (χ1n) is 7.79. The van der Waals surface area contributed by atoms with Gasteiger partial charge in [-0.1, -0.05) is 13.3 Å². The molecule has 1 aliphatic rings. The summed E-state index contributed by atoms with van der Waals surface area (Å²) in [6.07, 6.45) is 5.61. The van der Waals surface area contributed by atoms with Gasteiger partial charge >= 0.3 is 0 Å². The van der Waals surface area contributed by atoms with Gasteiger partial charge in [-0.3, -0.25) is 0 Å². The summed E-state index contributed by atoms with van der Waals surface area (Å²) in [4.78, 5) is 4.63. The van der Waals surface area contributed by atoms with Gasteiger partial charge in [-0.25, -0.2) is 4.99 Å². The maximum absolute atomic E-state index is 7.83. The number of unbranched alkanes of at least 4 members (excludes halogenated alkanes) is 1. The van der Waals surface area contributed by atoms with Crippen molar-refractivity contribution in [2.75, 3.05) is 18.1 Å². The fraction of sp³-hybridized carbons (Fsp3) is 0.333. The minimum absolute atomic E-state index is 0.510. The molecule has 0 spiro atoms. The number of anilines is 2. The van der Waals surface area contributed by atoms with Gasteiger partial charge in [0.2, 0.25) is 0 Å². The van der Waals surface area contributed by atoms with Gasteiger partial charge in [-0.15, -0.1) is 0 Å². The van der Waals surface area contributed by atoms with Crippen LogP contribution in [0.4, 0.5) is 17.1 Å². The summed E-state index contributed by atoms with van der Waals surface area (Å²) in [5.41, 5.74) is 16.9. The van der Waals surface area contributed by atoms with E-state index in [1.54, 1.807) is 18.2 Å². The van der Waals surface area contributed by atoms with Gasteiger partial charge in [-0.2, -0.15) is 0 Å². The van der Waals surface area contributed by atoms with Crippen LogP contribution in [0.5, 0.6) is 5.75 Å². The quantitative estimate of drug-likeness (QED) is 0.435. The standard InChI is InChI=1S/C18H24N4O/c1-4-5-8-23-18-10-17(14(20)9-15(18)21)22-16-7-6-13(19)11(2)12(16)3/h6-7,9-10,19H,4-5,8,20-21H2,1-3H3. The Labute approximate surface area is 137 Å². The molecular formula is C18H24N4O. The average Bonchev–Trinajstić information content (AvgIpc) is 2.52. The van der Waals surface area contributed by atoms with Crippen molar-refractivity contribution in [3.63, 3.8) is 0 Å². The number of benzene rings is 1. The largest absolute Gasteiger partial charge is 0.491 e. The third kappa shape index (κ3) is 3.80. The Morgan fingerprint density at radius 1 is 1.09 bits per heavy atom. The summed E-state index contributed by atoms with van der Waals surface area (Å²) >= 11 is 0. The summed E-state index contributed by atoms with van der Waals surface area (Å²) < 4.78 is 5.71. The molecule has 5 heteroatoms. The molecule has 0 heterocycles. The number of nitrogen functional groups attached to an aromatic ring is 2. The number of nitrogens with zero attached hydrogens (tertiary/aromatic N) is 1. The van der Waals surface area contributed by atoms with Crippen molar-refractivity contribution in [2.24, 2.45) is 4.99 Å². The van der Waals surface area contributed by atoms with Gasteiger partial charge in [0, 0.05) is 6.07 Å². The van der Waals surface area contributed by atoms with Gasteiger partial charge in [-0.05, 0) is 49.6 Å². The Hall–Kier alpha value is -2.56. The molecule has 5 N–H and O–H groups in total. The van der Waals surface area contributed by atoms with Gasteiger partial charge in [0.15, 0.2) is 0 Å². The number of nitrogens with two attached hydrogens (primary N) is 2. The second-order valence-corrected chi connectivity index (χ2v) is 5.64. The Bertz CT molecular complexity index is 714. The molecule has 2 rings (SSSR count). The maximum atomic E-state index is 7.83. The van der Waals surface area contributed by atoms with E-state index in [4.69, 9.17) is 21.6 Å². The molecule has 5 nitrogen and oxygen atoms in total. The molecule has 0 bridgehead atoms. The van der Waals surface area contributed by atoms with E-state index in [1.165, 1.54) is 0 Å². The highest BCUT2D eigenvalue weighted by Gasteiger charge is 2.13. The smallest absolute Gasteiger partial charge is 0.144 e. The highest BCUT2D eigenvalue weighted by Crippen LogP contribution is 2.34. The fourth-order valence-electron chi connectivity index (χ4n) is 2.21. The summed E-state index contributed by atoms with van der Waals surface area (Å²) in [5, 5.41) is 7.83. The molecular weight excluding hydrogens is 288 g/mol. The lowest BCUT2D eigenvalue weighted by atomic mass is 9.96. The van der Waals surface area contributed by atoms with Crippen molar-refractivity contribution >= 4 is 28.5 Å². The highest BCUT2D eigenvalue weighted by atomic mass is 16.5. The van der Waals surface area contributed by atoms with Crippen molar-refractivity contribution in [1.29, 1.82) is 5.41 Å². The molecule has 1 aliphatic carbocycles. The molecule has 0 aromatic heterocycles. The summed E-state index contributed by atoms with van der Waals surface area (Å²) in [5.74, 6) is 0.609. The third-order valence-corrected chi connectivity index (χ3v) is 3.91. The van der Waals surface area contributed by atoms with Crippen LogP contribution in [0, 0.1) is 5.41 Å². The van der Waals surface area contributed by atoms with Crippen LogP contribution in [0.25, 0.3) is 0 Å². The van der Waals surface area contributed by atoms with E-state index in [0.29, 0.717) is 35.1 Å². The number of nitrogens with one attached hydrogen (secondary N) is 1. The van der Waals surface area contributed by atoms with Gasteiger partial charge in [0.05, 0.1) is 35.1 Å². The maximum Gasteiger partial charge on any atom is 0.144 e. The molecule has 0 amide bonds. The van der Waals surface area contributed by atoms with Crippen LogP contribution in [0.15, 0.2) is 40.4 Å². The molecule has 1 aromatic carbocycles. The van der Waals surface area contributed by atoms with Crippen molar-refractivity contribution in [1.82, 2.24) is 0 Å². The van der Waals surface area contributed by atoms with Gasteiger partial charge in [0.1, 0.15) is 5.75 Å². The first-order valence-corrected chi connectivity index (χ1v) is 7.79. The lowest BCUT2D eigenvalue weighted by Gasteiger charge is -2.14. The number of rotatable bonds is 5. The topological polar surface area (TPSA) is 97.5 Å². The molecule has 0 saturated carbocycles. The zero-order valence-corrected chi connectivity index (χ0v) is 13.9. The zero-order chi connectivity index (χ0) is 17.0. The molecule has 0 atom stereocenters. The van der Waals surface area contributed by atoms with Crippen molar-refractivity contribution < 1.29 is 4.74 Å². The molecule has 0 saturated heterocycles. The van der Waals surface area contributed by atoms with Crippen LogP contribution >= 0.6 is 0 Å². The van der Waals surface area contributed by atoms with E-state index < -0.39 is 0 Å². The normalized spacial score (nSPS) is 16.3. The molecule has 0 radical (unpaired) electrons. The SMILES string of the molecule is CCCCOc1cc(N=C2C=CC(=N)C(C)=C2C)c(N)cc1N. The average molecular weight is 312 g/mol. The van der Waals surface area contributed by atoms with Crippen molar-refractivity contribution in [3.05, 3.63) is 35.4 Å². The molecule has 122 valence electrons. The van der Waals surface area contributed by atoms with Crippen LogP contribution in [0.3, 0.4) is 0 Å². The summed E-state index contributed by atoms with van der Waals surface area (Å²) in [7, 11) is 0. The fourth-order valence-corrected chi connectivity index (χ4v) is 2.21. The lowest BCUT2D eigenvalue weighted by molar-refractivity contribution is 0.311. The first-order chi connectivity index (χ1) is 10.9. The third-order valence-electron chi connectivity index (χ3n) is 3.91. The monoisotopic (exact) mass is 312 g/mol. The molecule has 1 aromatic rings. The van der Waals surface area contributed by atoms with Crippen LogP contribution in [-0.2, 0) is 0 Å². The van der Waals surface area contributed by atoms with E-state index >= 15 is 0 Å². The lowest BCUT2D eigenvalue weighted by Crippen LogP contribution is -2.10. The predicted octanol–water partition coefficient (Wildman–Crippen LogP) is 4.03. The van der Waals surface area contributed by atoms with Crippen LogP contribution in [-0.4, -0.2) is 18.0 Å². The van der Waals surface area contributed by atoms with Crippen LogP contribution < -0.4 is 16.2 Å². The highest BCUT2D eigenvalue weighted by molar-refractivity contribution is 6.23. The van der Waals surface area contributed by atoms with E-state index in [0.717, 1.165) is 29.7 Å². The van der Waals surface area contributed by atoms with Crippen molar-refractivity contribution in [2.45, 2.75) is 33.6 Å². The summed E-state index contributed by atoms with van der Waals surface area (Å²) in [6, 6.07) is 3.46. The van der Waals surface area contributed by atoms with E-state index in [9.17, 15) is 0 Å². The number of hydrogen-bond donors (Lipinski definition) is 3. The Morgan fingerprint density at radius 3 is 2.52 bits per heavy atom. The van der Waals surface area contributed by atoms with E-state index in [1.807, 2.05) is 19.9 Å². The van der Waals surface area contributed by atoms with Crippen molar-refractivity contribution in [3.8, 4) is 5.75 Å². The molecule has 23 heavy (non-hydrogen) atoms. The van der Waals surface area contributed by atoms with Gasteiger partial charge < -0.3 is 21.6 Å². The molecule has 0 fully saturated rings. The minimum atomic E-state index is 0.510. The second kappa shape index (κ2) is 7.13. The van der Waals surface area contributed by atoms with Crippen LogP contribution in [0.1, 0.15) is 33.6 Å². The minimum Gasteiger partial charge on any atom is -0.491 e. The number of allylic oxidation sites excluding steroid dienone is 4. The zero-order valence-electron chi connectivity index (χ0n) is 13.9. The Balaban J connectivity index is 2.36. The second-order valence-electron chi connectivity index (χ2n) is 5.64. The Kier molecular flexibility index (Phi) is 5.21. The molecule has 0 unspecified atom stereocenters. The predicted molar refractivity (Wildman–Crippen MR) is 98.0 cm³/mol. The first kappa shape index (κ1) is 16.8. The molecule has 0 aliphatic heterocycles. The number of ether oxygens (including phenoxy) is 1. The number of hydrogen-bond acceptors (Lipinski definition) is 5. The van der Waals surface area contributed by atoms with E-state index in [2.05, 4.69) is 11.9 Å².